The molecule has 1 aromatic rings. The van der Waals surface area contributed by atoms with Gasteiger partial charge in [0.05, 0.1) is 29.5 Å². The van der Waals surface area contributed by atoms with Gasteiger partial charge in [0.15, 0.2) is 8.32 Å². The van der Waals surface area contributed by atoms with Crippen LogP contribution in [0.3, 0.4) is 0 Å². The van der Waals surface area contributed by atoms with E-state index in [2.05, 4.69) is 84.2 Å². The number of fused-ring (bicyclic) bond motifs is 3. The Hall–Kier alpha value is -0.943. The molecule has 6 rings (SSSR count). The van der Waals surface area contributed by atoms with Gasteiger partial charge in [0.1, 0.15) is 0 Å². The molecule has 7 atom stereocenters. The maximum Gasteiger partial charge on any atom is 0.184 e. The Morgan fingerprint density at radius 3 is 2.35 bits per heavy atom. The Kier molecular flexibility index (Phi) is 5.84. The standard InChI is InChI=1S/C30H46O3Si/c1-21(2)29(31-20-23-12-10-9-11-13-23)17-16-27(4)18-26-28(5,33-34(6,7)8)15-14-24-22(3)30(26,32-24)19-25(27)29/h9-13,21,24-26H,3,14-20H2,1-2,4-8H3/t24-,25+,26+,27+,28-,29+,30-/m0/s1. The number of benzene rings is 1. The second kappa shape index (κ2) is 8.03. The Morgan fingerprint density at radius 1 is 1.03 bits per heavy atom. The van der Waals surface area contributed by atoms with Crippen LogP contribution in [0.5, 0.6) is 0 Å². The Bertz CT molecular complexity index is 938. The fraction of sp³-hybridized carbons (Fsp3) is 0.733. The van der Waals surface area contributed by atoms with Crippen LogP contribution in [0.25, 0.3) is 0 Å². The van der Waals surface area contributed by atoms with Crippen molar-refractivity contribution in [3.8, 4) is 0 Å². The summed E-state index contributed by atoms with van der Waals surface area (Å²) in [5.74, 6) is 1.29. The molecule has 5 aliphatic rings. The van der Waals surface area contributed by atoms with Crippen LogP contribution >= 0.6 is 0 Å². The van der Waals surface area contributed by atoms with Crippen LogP contribution in [0.4, 0.5) is 0 Å². The van der Waals surface area contributed by atoms with Crippen LogP contribution in [0.1, 0.15) is 71.8 Å². The third-order valence-corrected chi connectivity index (χ3v) is 11.1. The van der Waals surface area contributed by atoms with Gasteiger partial charge >= 0.3 is 0 Å². The second-order valence-corrected chi connectivity index (χ2v) is 18.1. The quantitative estimate of drug-likeness (QED) is 0.310. The first-order valence-electron chi connectivity index (χ1n) is 13.6. The van der Waals surface area contributed by atoms with Crippen molar-refractivity contribution in [2.45, 2.75) is 115 Å². The van der Waals surface area contributed by atoms with Gasteiger partial charge in [-0.15, -0.1) is 0 Å². The number of hydrogen-bond donors (Lipinski definition) is 0. The zero-order valence-corrected chi connectivity index (χ0v) is 23.6. The normalized spacial score (nSPS) is 43.8. The number of rotatable bonds is 6. The van der Waals surface area contributed by atoms with Gasteiger partial charge in [-0.3, -0.25) is 0 Å². The Labute approximate surface area is 208 Å². The molecule has 1 spiro atoms. The molecule has 1 aromatic carbocycles. The van der Waals surface area contributed by atoms with Crippen molar-refractivity contribution in [2.24, 2.45) is 23.2 Å². The fourth-order valence-corrected chi connectivity index (χ4v) is 10.1. The number of hydrogen-bond acceptors (Lipinski definition) is 3. The minimum Gasteiger partial charge on any atom is -0.412 e. The van der Waals surface area contributed by atoms with Crippen LogP contribution in [-0.4, -0.2) is 31.2 Å². The van der Waals surface area contributed by atoms with Crippen molar-refractivity contribution >= 4 is 8.32 Å². The van der Waals surface area contributed by atoms with Gasteiger partial charge < -0.3 is 13.9 Å². The highest BCUT2D eigenvalue weighted by atomic mass is 28.4. The van der Waals surface area contributed by atoms with Crippen LogP contribution < -0.4 is 0 Å². The molecule has 5 fully saturated rings. The third kappa shape index (κ3) is 3.70. The average Bonchev–Trinajstić information content (AvgIpc) is 2.95. The van der Waals surface area contributed by atoms with Crippen LogP contribution in [0, 0.1) is 23.2 Å². The molecule has 3 saturated carbocycles. The lowest BCUT2D eigenvalue weighted by molar-refractivity contribution is -0.246. The monoisotopic (exact) mass is 482 g/mol. The first-order chi connectivity index (χ1) is 15.8. The molecule has 0 radical (unpaired) electrons. The highest BCUT2D eigenvalue weighted by Crippen LogP contribution is 2.70. The van der Waals surface area contributed by atoms with E-state index in [1.165, 1.54) is 17.6 Å². The molecule has 188 valence electrons. The summed E-state index contributed by atoms with van der Waals surface area (Å²) < 4.78 is 20.9. The van der Waals surface area contributed by atoms with Gasteiger partial charge in [-0.25, -0.2) is 0 Å². The minimum absolute atomic E-state index is 0.124. The van der Waals surface area contributed by atoms with Crippen molar-refractivity contribution in [1.82, 2.24) is 0 Å². The molecule has 3 nitrogen and oxygen atoms in total. The van der Waals surface area contributed by atoms with Gasteiger partial charge in [-0.1, -0.05) is 57.7 Å². The summed E-state index contributed by atoms with van der Waals surface area (Å²) in [6.45, 7) is 22.0. The smallest absolute Gasteiger partial charge is 0.184 e. The molecule has 2 aliphatic heterocycles. The van der Waals surface area contributed by atoms with E-state index in [0.717, 1.165) is 32.1 Å². The van der Waals surface area contributed by atoms with E-state index >= 15 is 0 Å². The molecule has 0 N–H and O–H groups in total. The van der Waals surface area contributed by atoms with Crippen molar-refractivity contribution < 1.29 is 13.9 Å². The van der Waals surface area contributed by atoms with Crippen LogP contribution in [0.15, 0.2) is 42.5 Å². The van der Waals surface area contributed by atoms with E-state index in [4.69, 9.17) is 13.9 Å². The summed E-state index contributed by atoms with van der Waals surface area (Å²) in [4.78, 5) is 0. The van der Waals surface area contributed by atoms with Crippen molar-refractivity contribution in [3.05, 3.63) is 48.0 Å². The van der Waals surface area contributed by atoms with Crippen LogP contribution in [0.2, 0.25) is 19.6 Å². The van der Waals surface area contributed by atoms with E-state index in [1.807, 2.05) is 0 Å². The lowest BCUT2D eigenvalue weighted by atomic mass is 9.51. The average molecular weight is 483 g/mol. The minimum atomic E-state index is -1.72. The highest BCUT2D eigenvalue weighted by Gasteiger charge is 2.71. The lowest BCUT2D eigenvalue weighted by Crippen LogP contribution is -2.67. The topological polar surface area (TPSA) is 27.7 Å². The summed E-state index contributed by atoms with van der Waals surface area (Å²) in [6.07, 6.45) is 6.85. The van der Waals surface area contributed by atoms with Crippen molar-refractivity contribution in [3.63, 3.8) is 0 Å². The molecule has 2 heterocycles. The zero-order valence-electron chi connectivity index (χ0n) is 22.6. The van der Waals surface area contributed by atoms with E-state index in [-0.39, 0.29) is 28.3 Å². The Morgan fingerprint density at radius 2 is 1.74 bits per heavy atom. The molecule has 2 saturated heterocycles. The van der Waals surface area contributed by atoms with E-state index in [1.54, 1.807) is 0 Å². The van der Waals surface area contributed by atoms with Crippen molar-refractivity contribution in [2.75, 3.05) is 0 Å². The molecule has 34 heavy (non-hydrogen) atoms. The van der Waals surface area contributed by atoms with Crippen LogP contribution in [-0.2, 0) is 20.5 Å². The first kappa shape index (κ1) is 24.7. The highest BCUT2D eigenvalue weighted by molar-refractivity contribution is 6.69. The summed E-state index contributed by atoms with van der Waals surface area (Å²) in [7, 11) is -1.72. The summed E-state index contributed by atoms with van der Waals surface area (Å²) in [5, 5.41) is 0. The molecule has 3 aliphatic carbocycles. The van der Waals surface area contributed by atoms with Crippen molar-refractivity contribution in [1.29, 1.82) is 0 Å². The van der Waals surface area contributed by atoms with E-state index in [0.29, 0.717) is 24.4 Å². The predicted molar refractivity (Wildman–Crippen MR) is 141 cm³/mol. The Balaban J connectivity index is 1.50. The van der Waals surface area contributed by atoms with E-state index in [9.17, 15) is 0 Å². The maximum absolute atomic E-state index is 7.04. The third-order valence-electron chi connectivity index (χ3n) is 10.1. The SMILES string of the molecule is C=C1[C@@H]2CC[C@](C)(O[Si](C)(C)C)[C@H]3C[C@@]4(C)CC[C@@](OCc5ccccc5)(C(C)C)[C@@H]4C[C@]13O2. The summed E-state index contributed by atoms with van der Waals surface area (Å²) in [6, 6.07) is 10.7. The van der Waals surface area contributed by atoms with Gasteiger partial charge in [0.25, 0.3) is 0 Å². The lowest BCUT2D eigenvalue weighted by Gasteiger charge is -2.64. The van der Waals surface area contributed by atoms with Gasteiger partial charge in [-0.2, -0.15) is 0 Å². The largest absolute Gasteiger partial charge is 0.412 e. The van der Waals surface area contributed by atoms with Gasteiger partial charge in [0.2, 0.25) is 0 Å². The molecule has 0 aromatic heterocycles. The molecular weight excluding hydrogens is 436 g/mol. The number of ether oxygens (including phenoxy) is 2. The van der Waals surface area contributed by atoms with E-state index < -0.39 is 8.32 Å². The second-order valence-electron chi connectivity index (χ2n) is 13.6. The first-order valence-corrected chi connectivity index (χ1v) is 17.0. The molecular formula is C30H46O3Si. The summed E-state index contributed by atoms with van der Waals surface area (Å²) in [5.41, 5.74) is 2.33. The molecule has 2 bridgehead atoms. The zero-order chi connectivity index (χ0) is 24.6. The van der Waals surface area contributed by atoms with Gasteiger partial charge in [-0.05, 0) is 93.5 Å². The fourth-order valence-electron chi connectivity index (χ4n) is 8.44. The summed E-state index contributed by atoms with van der Waals surface area (Å²) >= 11 is 0. The van der Waals surface area contributed by atoms with Gasteiger partial charge in [0, 0.05) is 5.92 Å². The molecule has 0 unspecified atom stereocenters. The molecule has 4 heteroatoms. The molecule has 0 amide bonds. The maximum atomic E-state index is 7.04. The predicted octanol–water partition coefficient (Wildman–Crippen LogP) is 7.52.